The molecule has 1 atom stereocenters. The number of carbonyl (C=O) groups is 1. The van der Waals surface area contributed by atoms with Gasteiger partial charge in [-0.15, -0.1) is 0 Å². The van der Waals surface area contributed by atoms with Crippen molar-refractivity contribution in [2.45, 2.75) is 18.8 Å². The van der Waals surface area contributed by atoms with Crippen LogP contribution in [-0.4, -0.2) is 43.6 Å². The van der Waals surface area contributed by atoms with E-state index in [1.807, 2.05) is 24.1 Å². The van der Waals surface area contributed by atoms with E-state index in [0.29, 0.717) is 23.0 Å². The van der Waals surface area contributed by atoms with Crippen LogP contribution in [-0.2, 0) is 7.05 Å². The van der Waals surface area contributed by atoms with Gasteiger partial charge < -0.3 is 10.6 Å². The van der Waals surface area contributed by atoms with Crippen molar-refractivity contribution < 1.29 is 4.79 Å². The molecule has 124 valence electrons. The number of aromatic nitrogens is 4. The fraction of sp³-hybridized carbons (Fsp3) is 0.375. The standard InChI is InChI=1S/C16H18N6OS/c1-21-8-6-12(20-21)15(23)22-7-2-3-10(9-22)11-4-5-13-14(18-11)19-16(17)24-13/h4-6,8,10H,2-3,7,9H2,1H3,(H2,17,18,19)/t10-/m1/s1. The average Bonchev–Trinajstić information content (AvgIpc) is 3.18. The van der Waals surface area contributed by atoms with Crippen molar-refractivity contribution in [1.82, 2.24) is 24.6 Å². The number of carbonyl (C=O) groups excluding carboxylic acids is 1. The van der Waals surface area contributed by atoms with E-state index in [9.17, 15) is 4.79 Å². The van der Waals surface area contributed by atoms with Gasteiger partial charge in [0.25, 0.3) is 5.91 Å². The highest BCUT2D eigenvalue weighted by molar-refractivity contribution is 7.21. The molecule has 0 aliphatic carbocycles. The van der Waals surface area contributed by atoms with Crippen molar-refractivity contribution in [2.24, 2.45) is 7.05 Å². The number of nitrogen functional groups attached to an aromatic ring is 1. The Labute approximate surface area is 143 Å². The van der Waals surface area contributed by atoms with Gasteiger partial charge in [-0.2, -0.15) is 5.10 Å². The number of pyridine rings is 1. The SMILES string of the molecule is Cn1ccc(C(=O)N2CCC[C@@H](c3ccc4sc(N)nc4n3)C2)n1. The smallest absolute Gasteiger partial charge is 0.274 e. The highest BCUT2D eigenvalue weighted by atomic mass is 32.1. The van der Waals surface area contributed by atoms with Crippen LogP contribution >= 0.6 is 11.3 Å². The summed E-state index contributed by atoms with van der Waals surface area (Å²) in [5.74, 6) is 0.206. The zero-order chi connectivity index (χ0) is 16.7. The average molecular weight is 342 g/mol. The molecule has 3 aromatic rings. The molecule has 1 aliphatic heterocycles. The molecule has 0 bridgehead atoms. The quantitative estimate of drug-likeness (QED) is 0.769. The van der Waals surface area contributed by atoms with Gasteiger partial charge in [0.1, 0.15) is 5.69 Å². The second-order valence-electron chi connectivity index (χ2n) is 6.07. The lowest BCUT2D eigenvalue weighted by atomic mass is 9.94. The summed E-state index contributed by atoms with van der Waals surface area (Å²) in [5, 5.41) is 4.75. The Balaban J connectivity index is 1.56. The molecule has 1 fully saturated rings. The van der Waals surface area contributed by atoms with E-state index in [1.54, 1.807) is 16.9 Å². The van der Waals surface area contributed by atoms with Crippen molar-refractivity contribution in [2.75, 3.05) is 18.8 Å². The van der Waals surface area contributed by atoms with Gasteiger partial charge in [0.05, 0.1) is 4.70 Å². The van der Waals surface area contributed by atoms with Crippen molar-refractivity contribution in [3.05, 3.63) is 35.8 Å². The number of hydrogen-bond donors (Lipinski definition) is 1. The summed E-state index contributed by atoms with van der Waals surface area (Å²) in [4.78, 5) is 23.4. The molecule has 0 spiro atoms. The van der Waals surface area contributed by atoms with Gasteiger partial charge in [-0.1, -0.05) is 11.3 Å². The third-order valence-corrected chi connectivity index (χ3v) is 5.19. The van der Waals surface area contributed by atoms with Crippen LogP contribution in [0, 0.1) is 0 Å². The molecule has 0 saturated carbocycles. The molecule has 0 radical (unpaired) electrons. The Bertz CT molecular complexity index is 901. The van der Waals surface area contributed by atoms with Gasteiger partial charge in [-0.25, -0.2) is 9.97 Å². The number of piperidine rings is 1. The Morgan fingerprint density at radius 1 is 1.33 bits per heavy atom. The summed E-state index contributed by atoms with van der Waals surface area (Å²) in [7, 11) is 1.81. The molecule has 1 amide bonds. The number of fused-ring (bicyclic) bond motifs is 1. The number of amides is 1. The Kier molecular flexibility index (Phi) is 3.68. The van der Waals surface area contributed by atoms with Crippen LogP contribution in [0.1, 0.15) is 34.9 Å². The molecular formula is C16H18N6OS. The first kappa shape index (κ1) is 15.1. The molecule has 0 aromatic carbocycles. The maximum atomic E-state index is 12.6. The first-order chi connectivity index (χ1) is 11.6. The topological polar surface area (TPSA) is 89.9 Å². The number of aryl methyl sites for hydroxylation is 1. The maximum absolute atomic E-state index is 12.6. The molecule has 4 rings (SSSR count). The second-order valence-corrected chi connectivity index (χ2v) is 7.14. The highest BCUT2D eigenvalue weighted by Gasteiger charge is 2.27. The summed E-state index contributed by atoms with van der Waals surface area (Å²) >= 11 is 1.44. The Morgan fingerprint density at radius 2 is 2.21 bits per heavy atom. The monoisotopic (exact) mass is 342 g/mol. The number of thiazole rings is 1. The second kappa shape index (κ2) is 5.86. The fourth-order valence-corrected chi connectivity index (χ4v) is 3.85. The maximum Gasteiger partial charge on any atom is 0.274 e. The van der Waals surface area contributed by atoms with Gasteiger partial charge in [0.15, 0.2) is 10.8 Å². The van der Waals surface area contributed by atoms with Crippen molar-refractivity contribution in [3.63, 3.8) is 0 Å². The van der Waals surface area contributed by atoms with E-state index < -0.39 is 0 Å². The van der Waals surface area contributed by atoms with E-state index in [-0.39, 0.29) is 11.8 Å². The normalized spacial score (nSPS) is 18.2. The van der Waals surface area contributed by atoms with Crippen molar-refractivity contribution in [1.29, 1.82) is 0 Å². The van der Waals surface area contributed by atoms with E-state index >= 15 is 0 Å². The number of hydrogen-bond acceptors (Lipinski definition) is 6. The van der Waals surface area contributed by atoms with Crippen LogP contribution in [0.15, 0.2) is 24.4 Å². The molecule has 1 aliphatic rings. The van der Waals surface area contributed by atoms with E-state index in [1.165, 1.54) is 11.3 Å². The molecular weight excluding hydrogens is 324 g/mol. The van der Waals surface area contributed by atoms with Crippen LogP contribution in [0.25, 0.3) is 10.3 Å². The van der Waals surface area contributed by atoms with Gasteiger partial charge in [-0.3, -0.25) is 9.48 Å². The summed E-state index contributed by atoms with van der Waals surface area (Å²) < 4.78 is 2.64. The van der Waals surface area contributed by atoms with Gasteiger partial charge in [0.2, 0.25) is 0 Å². The number of nitrogens with zero attached hydrogens (tertiary/aromatic N) is 5. The first-order valence-electron chi connectivity index (χ1n) is 7.92. The molecule has 1 saturated heterocycles. The number of likely N-dealkylation sites (tertiary alicyclic amines) is 1. The Morgan fingerprint density at radius 3 is 3.00 bits per heavy atom. The number of rotatable bonds is 2. The zero-order valence-corrected chi connectivity index (χ0v) is 14.2. The lowest BCUT2D eigenvalue weighted by molar-refractivity contribution is 0.0699. The Hall–Kier alpha value is -2.48. The fourth-order valence-electron chi connectivity index (χ4n) is 3.17. The highest BCUT2D eigenvalue weighted by Crippen LogP contribution is 2.29. The van der Waals surface area contributed by atoms with Gasteiger partial charge >= 0.3 is 0 Å². The molecule has 8 heteroatoms. The third kappa shape index (κ3) is 2.73. The summed E-state index contributed by atoms with van der Waals surface area (Å²) in [6, 6.07) is 5.80. The van der Waals surface area contributed by atoms with Crippen LogP contribution in [0.3, 0.4) is 0 Å². The largest absolute Gasteiger partial charge is 0.375 e. The zero-order valence-electron chi connectivity index (χ0n) is 13.3. The van der Waals surface area contributed by atoms with Crippen LogP contribution in [0.5, 0.6) is 0 Å². The summed E-state index contributed by atoms with van der Waals surface area (Å²) in [6.07, 6.45) is 3.77. The third-order valence-electron chi connectivity index (χ3n) is 4.35. The number of anilines is 1. The van der Waals surface area contributed by atoms with E-state index in [0.717, 1.165) is 29.8 Å². The van der Waals surface area contributed by atoms with Crippen LogP contribution in [0.2, 0.25) is 0 Å². The summed E-state index contributed by atoms with van der Waals surface area (Å²) in [5.41, 5.74) is 7.92. The van der Waals surface area contributed by atoms with Gasteiger partial charge in [-0.05, 0) is 31.0 Å². The van der Waals surface area contributed by atoms with Crippen LogP contribution in [0.4, 0.5) is 5.13 Å². The predicted octanol–water partition coefficient (Wildman–Crippen LogP) is 2.03. The van der Waals surface area contributed by atoms with Gasteiger partial charge in [0, 0.05) is 37.9 Å². The summed E-state index contributed by atoms with van der Waals surface area (Å²) in [6.45, 7) is 1.42. The molecule has 3 aromatic heterocycles. The van der Waals surface area contributed by atoms with E-state index in [2.05, 4.69) is 15.1 Å². The molecule has 24 heavy (non-hydrogen) atoms. The van der Waals surface area contributed by atoms with Crippen molar-refractivity contribution in [3.8, 4) is 0 Å². The first-order valence-corrected chi connectivity index (χ1v) is 8.73. The molecule has 2 N–H and O–H groups in total. The van der Waals surface area contributed by atoms with Crippen molar-refractivity contribution >= 4 is 32.7 Å². The minimum absolute atomic E-state index is 0.0146. The number of nitrogens with two attached hydrogens (primary N) is 1. The molecule has 0 unspecified atom stereocenters. The lowest BCUT2D eigenvalue weighted by Crippen LogP contribution is -2.39. The lowest BCUT2D eigenvalue weighted by Gasteiger charge is -2.32. The minimum Gasteiger partial charge on any atom is -0.375 e. The predicted molar refractivity (Wildman–Crippen MR) is 92.9 cm³/mol. The molecule has 4 heterocycles. The van der Waals surface area contributed by atoms with Crippen LogP contribution < -0.4 is 5.73 Å². The molecule has 7 nitrogen and oxygen atoms in total. The van der Waals surface area contributed by atoms with E-state index in [4.69, 9.17) is 5.73 Å². The minimum atomic E-state index is -0.0146.